The van der Waals surface area contributed by atoms with Crippen LogP contribution in [0.3, 0.4) is 0 Å². The number of rotatable bonds is 4. The zero-order valence-electron chi connectivity index (χ0n) is 11.0. The van der Waals surface area contributed by atoms with E-state index in [1.165, 1.54) is 16.7 Å². The van der Waals surface area contributed by atoms with E-state index in [1.54, 1.807) is 7.11 Å². The van der Waals surface area contributed by atoms with E-state index < -0.39 is 0 Å². The molecule has 0 amide bonds. The molecule has 0 spiro atoms. The van der Waals surface area contributed by atoms with Gasteiger partial charge in [0.1, 0.15) is 5.75 Å². The average molecular weight is 384 g/mol. The molecule has 0 bridgehead atoms. The second kappa shape index (κ2) is 6.58. The maximum Gasteiger partial charge on any atom is 0.122 e. The number of hydrogen-bond donors (Lipinski definition) is 0. The number of alkyl halides is 1. The van der Waals surface area contributed by atoms with Gasteiger partial charge in [0.2, 0.25) is 0 Å². The summed E-state index contributed by atoms with van der Waals surface area (Å²) in [5.41, 5.74) is 3.74. The molecule has 100 valence electrons. The molecule has 0 N–H and O–H groups in total. The maximum atomic E-state index is 5.40. The standard InChI is InChI=1S/C16H16Br2O/c1-11-7-8-14(17)13(9-11)15(18)10-12-5-3-4-6-16(12)19-2/h3-9,15H,10H2,1-2H3. The Bertz CT molecular complexity index is 566. The number of methoxy groups -OCH3 is 1. The van der Waals surface area contributed by atoms with Gasteiger partial charge in [0.15, 0.2) is 0 Å². The second-order valence-corrected chi connectivity index (χ2v) is 6.47. The van der Waals surface area contributed by atoms with Gasteiger partial charge in [0, 0.05) is 9.30 Å². The molecular weight excluding hydrogens is 368 g/mol. The predicted molar refractivity (Wildman–Crippen MR) is 87.2 cm³/mol. The predicted octanol–water partition coefficient (Wildman–Crippen LogP) is 5.44. The highest BCUT2D eigenvalue weighted by Gasteiger charge is 2.14. The van der Waals surface area contributed by atoms with Crippen molar-refractivity contribution in [3.63, 3.8) is 0 Å². The number of para-hydroxylation sites is 1. The summed E-state index contributed by atoms with van der Waals surface area (Å²) in [6, 6.07) is 14.6. The third-order valence-electron chi connectivity index (χ3n) is 3.08. The van der Waals surface area contributed by atoms with Gasteiger partial charge in [-0.2, -0.15) is 0 Å². The van der Waals surface area contributed by atoms with Crippen molar-refractivity contribution in [3.8, 4) is 5.75 Å². The van der Waals surface area contributed by atoms with E-state index >= 15 is 0 Å². The van der Waals surface area contributed by atoms with Crippen molar-refractivity contribution in [2.45, 2.75) is 18.2 Å². The molecule has 0 fully saturated rings. The first-order valence-corrected chi connectivity index (χ1v) is 7.84. The lowest BCUT2D eigenvalue weighted by molar-refractivity contribution is 0.409. The van der Waals surface area contributed by atoms with Crippen LogP contribution in [-0.2, 0) is 6.42 Å². The summed E-state index contributed by atoms with van der Waals surface area (Å²) >= 11 is 7.40. The van der Waals surface area contributed by atoms with Crippen LogP contribution in [0.25, 0.3) is 0 Å². The van der Waals surface area contributed by atoms with Crippen LogP contribution >= 0.6 is 31.9 Å². The summed E-state index contributed by atoms with van der Waals surface area (Å²) in [5, 5.41) is 0. The number of hydrogen-bond acceptors (Lipinski definition) is 1. The van der Waals surface area contributed by atoms with Gasteiger partial charge in [-0.05, 0) is 36.6 Å². The Morgan fingerprint density at radius 2 is 1.89 bits per heavy atom. The fourth-order valence-corrected chi connectivity index (χ4v) is 3.64. The van der Waals surface area contributed by atoms with Crippen LogP contribution < -0.4 is 4.74 Å². The summed E-state index contributed by atoms with van der Waals surface area (Å²) in [6.07, 6.45) is 0.895. The smallest absolute Gasteiger partial charge is 0.122 e. The van der Waals surface area contributed by atoms with E-state index in [1.807, 2.05) is 18.2 Å². The third kappa shape index (κ3) is 3.61. The molecule has 0 radical (unpaired) electrons. The van der Waals surface area contributed by atoms with E-state index in [9.17, 15) is 0 Å². The summed E-state index contributed by atoms with van der Waals surface area (Å²) in [7, 11) is 1.71. The molecule has 0 aliphatic rings. The van der Waals surface area contributed by atoms with Crippen molar-refractivity contribution in [2.75, 3.05) is 7.11 Å². The Morgan fingerprint density at radius 3 is 2.63 bits per heavy atom. The molecule has 3 heteroatoms. The van der Waals surface area contributed by atoms with Gasteiger partial charge in [0.05, 0.1) is 7.11 Å². The number of aryl methyl sites for hydroxylation is 1. The van der Waals surface area contributed by atoms with Crippen molar-refractivity contribution in [1.29, 1.82) is 0 Å². The van der Waals surface area contributed by atoms with Crippen molar-refractivity contribution in [3.05, 3.63) is 63.6 Å². The molecule has 0 saturated heterocycles. The van der Waals surface area contributed by atoms with E-state index in [-0.39, 0.29) is 4.83 Å². The van der Waals surface area contributed by atoms with E-state index in [4.69, 9.17) is 4.74 Å². The molecule has 0 aliphatic carbocycles. The lowest BCUT2D eigenvalue weighted by Gasteiger charge is -2.15. The molecule has 1 atom stereocenters. The van der Waals surface area contributed by atoms with Crippen molar-refractivity contribution in [1.82, 2.24) is 0 Å². The Labute approximate surface area is 131 Å². The lowest BCUT2D eigenvalue weighted by Crippen LogP contribution is -1.99. The van der Waals surface area contributed by atoms with Crippen molar-refractivity contribution < 1.29 is 4.74 Å². The average Bonchev–Trinajstić information content (AvgIpc) is 2.42. The van der Waals surface area contributed by atoms with E-state index in [0.29, 0.717) is 0 Å². The number of halogens is 2. The molecule has 2 rings (SSSR count). The molecule has 1 unspecified atom stereocenters. The summed E-state index contributed by atoms with van der Waals surface area (Å²) < 4.78 is 6.54. The zero-order valence-corrected chi connectivity index (χ0v) is 14.2. The second-order valence-electron chi connectivity index (χ2n) is 4.51. The van der Waals surface area contributed by atoms with Gasteiger partial charge in [0.25, 0.3) is 0 Å². The van der Waals surface area contributed by atoms with Crippen LogP contribution in [0.15, 0.2) is 46.9 Å². The first-order chi connectivity index (χ1) is 9.11. The van der Waals surface area contributed by atoms with E-state index in [0.717, 1.165) is 16.6 Å². The first kappa shape index (κ1) is 14.6. The fourth-order valence-electron chi connectivity index (χ4n) is 2.08. The van der Waals surface area contributed by atoms with E-state index in [2.05, 4.69) is 63.0 Å². The Hall–Kier alpha value is -0.800. The Morgan fingerprint density at radius 1 is 1.16 bits per heavy atom. The largest absolute Gasteiger partial charge is 0.496 e. The van der Waals surface area contributed by atoms with Crippen LogP contribution in [0.2, 0.25) is 0 Å². The van der Waals surface area contributed by atoms with Crippen molar-refractivity contribution in [2.24, 2.45) is 0 Å². The molecule has 0 aromatic heterocycles. The Kier molecular flexibility index (Phi) is 5.06. The highest BCUT2D eigenvalue weighted by molar-refractivity contribution is 9.11. The number of ether oxygens (including phenoxy) is 1. The third-order valence-corrected chi connectivity index (χ3v) is 4.62. The molecule has 0 aliphatic heterocycles. The van der Waals surface area contributed by atoms with Gasteiger partial charge in [-0.3, -0.25) is 0 Å². The van der Waals surface area contributed by atoms with Gasteiger partial charge in [-0.15, -0.1) is 0 Å². The highest BCUT2D eigenvalue weighted by Crippen LogP contribution is 2.35. The molecule has 0 saturated carbocycles. The monoisotopic (exact) mass is 382 g/mol. The van der Waals surface area contributed by atoms with Crippen LogP contribution in [0.4, 0.5) is 0 Å². The fraction of sp³-hybridized carbons (Fsp3) is 0.250. The number of benzene rings is 2. The Balaban J connectivity index is 2.25. The van der Waals surface area contributed by atoms with Gasteiger partial charge in [-0.25, -0.2) is 0 Å². The van der Waals surface area contributed by atoms with Gasteiger partial charge < -0.3 is 4.74 Å². The maximum absolute atomic E-state index is 5.40. The summed E-state index contributed by atoms with van der Waals surface area (Å²) in [6.45, 7) is 2.11. The minimum Gasteiger partial charge on any atom is -0.496 e. The lowest BCUT2D eigenvalue weighted by atomic mass is 10.0. The summed E-state index contributed by atoms with van der Waals surface area (Å²) in [5.74, 6) is 0.940. The van der Waals surface area contributed by atoms with Crippen molar-refractivity contribution >= 4 is 31.9 Å². The van der Waals surface area contributed by atoms with Gasteiger partial charge in [-0.1, -0.05) is 67.8 Å². The SMILES string of the molecule is COc1ccccc1CC(Br)c1cc(C)ccc1Br. The normalized spacial score (nSPS) is 12.2. The molecule has 2 aromatic rings. The minimum absolute atomic E-state index is 0.262. The minimum atomic E-state index is 0.262. The van der Waals surface area contributed by atoms with Crippen LogP contribution in [0, 0.1) is 6.92 Å². The van der Waals surface area contributed by atoms with Crippen LogP contribution in [0.1, 0.15) is 21.5 Å². The molecule has 1 nitrogen and oxygen atoms in total. The zero-order chi connectivity index (χ0) is 13.8. The van der Waals surface area contributed by atoms with Crippen LogP contribution in [0.5, 0.6) is 5.75 Å². The topological polar surface area (TPSA) is 9.23 Å². The molecule has 19 heavy (non-hydrogen) atoms. The molecule has 2 aromatic carbocycles. The van der Waals surface area contributed by atoms with Gasteiger partial charge >= 0.3 is 0 Å². The highest BCUT2D eigenvalue weighted by atomic mass is 79.9. The quantitative estimate of drug-likeness (QED) is 0.638. The molecule has 0 heterocycles. The summed E-state index contributed by atoms with van der Waals surface area (Å²) in [4.78, 5) is 0.262. The first-order valence-electron chi connectivity index (χ1n) is 6.14. The van der Waals surface area contributed by atoms with Crippen LogP contribution in [-0.4, -0.2) is 7.11 Å². The molecular formula is C16H16Br2O.